The molecule has 9 heteroatoms. The molecule has 0 atom stereocenters. The Morgan fingerprint density at radius 1 is 1.24 bits per heavy atom. The van der Waals surface area contributed by atoms with Crippen LogP contribution in [-0.4, -0.2) is 70.6 Å². The van der Waals surface area contributed by atoms with E-state index in [1.807, 2.05) is 25.9 Å². The quantitative estimate of drug-likeness (QED) is 0.694. The van der Waals surface area contributed by atoms with Gasteiger partial charge in [-0.05, 0) is 32.6 Å². The Kier molecular flexibility index (Phi) is 8.14. The molecule has 0 bridgehead atoms. The Morgan fingerprint density at radius 3 is 2.40 bits per heavy atom. The molecule has 25 heavy (non-hydrogen) atoms. The van der Waals surface area contributed by atoms with E-state index in [4.69, 9.17) is 16.3 Å². The van der Waals surface area contributed by atoms with Crippen molar-refractivity contribution in [2.24, 2.45) is 0 Å². The highest BCUT2D eigenvalue weighted by molar-refractivity contribution is 7.88. The fraction of sp³-hybridized carbons (Fsp3) is 0.562. The van der Waals surface area contributed by atoms with Gasteiger partial charge in [-0.1, -0.05) is 11.6 Å². The normalized spacial score (nSPS) is 11.8. The van der Waals surface area contributed by atoms with Crippen LogP contribution in [0.2, 0.25) is 5.02 Å². The predicted molar refractivity (Wildman–Crippen MR) is 101 cm³/mol. The van der Waals surface area contributed by atoms with Crippen LogP contribution in [0.1, 0.15) is 12.0 Å². The second-order valence-electron chi connectivity index (χ2n) is 6.07. The molecule has 0 aliphatic heterocycles. The molecule has 0 heterocycles. The lowest BCUT2D eigenvalue weighted by molar-refractivity contribution is -0.116. The Morgan fingerprint density at radius 2 is 1.88 bits per heavy atom. The largest absolute Gasteiger partial charge is 0.495 e. The summed E-state index contributed by atoms with van der Waals surface area (Å²) < 4.78 is 30.2. The third-order valence-corrected chi connectivity index (χ3v) is 5.32. The maximum absolute atomic E-state index is 12.2. The minimum Gasteiger partial charge on any atom is -0.495 e. The van der Waals surface area contributed by atoms with Crippen LogP contribution < -0.4 is 10.1 Å². The Balaban J connectivity index is 2.74. The first-order chi connectivity index (χ1) is 11.5. The first-order valence-electron chi connectivity index (χ1n) is 7.78. The van der Waals surface area contributed by atoms with Crippen LogP contribution in [0.15, 0.2) is 12.1 Å². The van der Waals surface area contributed by atoms with Crippen LogP contribution >= 0.6 is 11.6 Å². The van der Waals surface area contributed by atoms with Gasteiger partial charge in [0.05, 0.1) is 19.1 Å². The van der Waals surface area contributed by atoms with Gasteiger partial charge in [-0.2, -0.15) is 0 Å². The molecule has 0 saturated heterocycles. The van der Waals surface area contributed by atoms with Crippen molar-refractivity contribution in [3.63, 3.8) is 0 Å². The van der Waals surface area contributed by atoms with Crippen molar-refractivity contribution < 1.29 is 17.9 Å². The number of rotatable bonds is 9. The number of hydrogen-bond donors (Lipinski definition) is 1. The summed E-state index contributed by atoms with van der Waals surface area (Å²) in [6, 6.07) is 3.35. The van der Waals surface area contributed by atoms with Crippen LogP contribution in [-0.2, 0) is 14.8 Å². The van der Waals surface area contributed by atoms with Crippen molar-refractivity contribution in [1.29, 1.82) is 0 Å². The zero-order valence-corrected chi connectivity index (χ0v) is 16.9. The minimum atomic E-state index is -3.37. The smallest absolute Gasteiger partial charge is 0.225 e. The van der Waals surface area contributed by atoms with E-state index in [0.29, 0.717) is 29.5 Å². The number of aryl methyl sites for hydroxylation is 1. The molecule has 0 aromatic heterocycles. The number of anilines is 1. The summed E-state index contributed by atoms with van der Waals surface area (Å²) in [5, 5.41) is 3.29. The average molecular weight is 392 g/mol. The SMILES string of the molecule is COc1cc(Cl)c(C)cc1NC(=O)CCN(CCN(C)C)S(C)(=O)=O. The van der Waals surface area contributed by atoms with Crippen LogP contribution in [0.3, 0.4) is 0 Å². The van der Waals surface area contributed by atoms with Gasteiger partial charge in [0.2, 0.25) is 15.9 Å². The standard InChI is InChI=1S/C16H26ClN3O4S/c1-12-10-14(15(24-4)11-13(12)17)18-16(21)6-7-20(25(5,22)23)9-8-19(2)3/h10-11H,6-9H2,1-5H3,(H,18,21). The van der Waals surface area contributed by atoms with Gasteiger partial charge in [-0.3, -0.25) is 4.79 Å². The zero-order valence-electron chi connectivity index (χ0n) is 15.3. The monoisotopic (exact) mass is 391 g/mol. The second kappa shape index (κ2) is 9.38. The lowest BCUT2D eigenvalue weighted by Gasteiger charge is -2.21. The highest BCUT2D eigenvalue weighted by Crippen LogP contribution is 2.30. The predicted octanol–water partition coefficient (Wildman–Crippen LogP) is 1.81. The molecule has 0 fully saturated rings. The van der Waals surface area contributed by atoms with Gasteiger partial charge in [0.1, 0.15) is 5.75 Å². The van der Waals surface area contributed by atoms with Gasteiger partial charge in [-0.15, -0.1) is 0 Å². The molecule has 0 spiro atoms. The van der Waals surface area contributed by atoms with Gasteiger partial charge in [0.25, 0.3) is 0 Å². The molecule has 0 aliphatic carbocycles. The summed E-state index contributed by atoms with van der Waals surface area (Å²) in [6.45, 7) is 2.86. The van der Waals surface area contributed by atoms with E-state index in [0.717, 1.165) is 11.8 Å². The Labute approximate surface area is 154 Å². The van der Waals surface area contributed by atoms with Gasteiger partial charge in [0, 0.05) is 37.1 Å². The minimum absolute atomic E-state index is 0.0470. The first kappa shape index (κ1) is 21.7. The van der Waals surface area contributed by atoms with E-state index >= 15 is 0 Å². The number of sulfonamides is 1. The lowest BCUT2D eigenvalue weighted by Crippen LogP contribution is -2.37. The first-order valence-corrected chi connectivity index (χ1v) is 10.0. The van der Waals surface area contributed by atoms with E-state index < -0.39 is 10.0 Å². The van der Waals surface area contributed by atoms with Crippen molar-refractivity contribution in [2.45, 2.75) is 13.3 Å². The third kappa shape index (κ3) is 7.19. The molecule has 1 aromatic rings. The summed E-state index contributed by atoms with van der Waals surface area (Å²) >= 11 is 6.04. The number of methoxy groups -OCH3 is 1. The van der Waals surface area contributed by atoms with Crippen molar-refractivity contribution >= 4 is 33.2 Å². The van der Waals surface area contributed by atoms with Crippen molar-refractivity contribution in [3.8, 4) is 5.75 Å². The van der Waals surface area contributed by atoms with Crippen LogP contribution in [0.25, 0.3) is 0 Å². The number of hydrogen-bond acceptors (Lipinski definition) is 5. The Bertz CT molecular complexity index is 708. The maximum Gasteiger partial charge on any atom is 0.225 e. The summed E-state index contributed by atoms with van der Waals surface area (Å²) in [5.74, 6) is 0.162. The third-order valence-electron chi connectivity index (χ3n) is 3.61. The van der Waals surface area contributed by atoms with Crippen molar-refractivity contribution in [3.05, 3.63) is 22.7 Å². The zero-order chi connectivity index (χ0) is 19.2. The number of benzene rings is 1. The molecule has 1 amide bonds. The van der Waals surface area contributed by atoms with Gasteiger partial charge in [-0.25, -0.2) is 12.7 Å². The number of likely N-dealkylation sites (N-methyl/N-ethyl adjacent to an activating group) is 1. The van der Waals surface area contributed by atoms with Gasteiger partial charge in [0.15, 0.2) is 0 Å². The molecular weight excluding hydrogens is 366 g/mol. The number of ether oxygens (including phenoxy) is 1. The summed E-state index contributed by atoms with van der Waals surface area (Å²) in [7, 11) is 1.85. The van der Waals surface area contributed by atoms with E-state index in [1.165, 1.54) is 11.4 Å². The summed E-state index contributed by atoms with van der Waals surface area (Å²) in [6.07, 6.45) is 1.19. The maximum atomic E-state index is 12.2. The summed E-state index contributed by atoms with van der Waals surface area (Å²) in [5.41, 5.74) is 1.31. The molecule has 142 valence electrons. The molecular formula is C16H26ClN3O4S. The molecule has 1 rings (SSSR count). The molecule has 0 unspecified atom stereocenters. The number of carbonyl (C=O) groups is 1. The van der Waals surface area contributed by atoms with E-state index in [9.17, 15) is 13.2 Å². The fourth-order valence-electron chi connectivity index (χ4n) is 2.12. The Hall–Kier alpha value is -1.35. The van der Waals surface area contributed by atoms with Crippen molar-refractivity contribution in [2.75, 3.05) is 52.4 Å². The number of halogens is 1. The number of carbonyl (C=O) groups excluding carboxylic acids is 1. The molecule has 0 saturated carbocycles. The second-order valence-corrected chi connectivity index (χ2v) is 8.45. The summed E-state index contributed by atoms with van der Waals surface area (Å²) in [4.78, 5) is 14.1. The lowest BCUT2D eigenvalue weighted by atomic mass is 10.2. The van der Waals surface area contributed by atoms with Crippen molar-refractivity contribution in [1.82, 2.24) is 9.21 Å². The highest BCUT2D eigenvalue weighted by Gasteiger charge is 2.18. The number of nitrogens with zero attached hydrogens (tertiary/aromatic N) is 2. The topological polar surface area (TPSA) is 79.0 Å². The van der Waals surface area contributed by atoms with Crippen LogP contribution in [0.4, 0.5) is 5.69 Å². The van der Waals surface area contributed by atoms with Gasteiger partial charge < -0.3 is 15.0 Å². The number of nitrogens with one attached hydrogen (secondary N) is 1. The van der Waals surface area contributed by atoms with E-state index in [2.05, 4.69) is 5.32 Å². The van der Waals surface area contributed by atoms with Crippen LogP contribution in [0.5, 0.6) is 5.75 Å². The highest BCUT2D eigenvalue weighted by atomic mass is 35.5. The number of amides is 1. The van der Waals surface area contributed by atoms with Crippen LogP contribution in [0, 0.1) is 6.92 Å². The molecule has 1 aromatic carbocycles. The van der Waals surface area contributed by atoms with E-state index in [-0.39, 0.29) is 18.9 Å². The molecule has 7 nitrogen and oxygen atoms in total. The fourth-order valence-corrected chi connectivity index (χ4v) is 3.11. The van der Waals surface area contributed by atoms with Gasteiger partial charge >= 0.3 is 0 Å². The van der Waals surface area contributed by atoms with E-state index in [1.54, 1.807) is 12.1 Å². The molecule has 0 aliphatic rings. The average Bonchev–Trinajstić information content (AvgIpc) is 2.48. The molecule has 0 radical (unpaired) electrons. The molecule has 1 N–H and O–H groups in total.